The summed E-state index contributed by atoms with van der Waals surface area (Å²) in [5.41, 5.74) is 5.84. The molecule has 0 amide bonds. The molecule has 1 aliphatic heterocycles. The third-order valence-electron chi connectivity index (χ3n) is 4.80. The highest BCUT2D eigenvalue weighted by Crippen LogP contribution is 2.34. The van der Waals surface area contributed by atoms with Gasteiger partial charge in [-0.3, -0.25) is 4.90 Å². The van der Waals surface area contributed by atoms with Crippen LogP contribution in [0.3, 0.4) is 0 Å². The van der Waals surface area contributed by atoms with Crippen LogP contribution >= 0.6 is 0 Å². The van der Waals surface area contributed by atoms with Crippen LogP contribution in [0.25, 0.3) is 0 Å². The second kappa shape index (κ2) is 7.06. The average molecular weight is 340 g/mol. The molecule has 0 unspecified atom stereocenters. The lowest BCUT2D eigenvalue weighted by molar-refractivity contribution is 0.270. The summed E-state index contributed by atoms with van der Waals surface area (Å²) in [6.45, 7) is 7.53. The first kappa shape index (κ1) is 17.8. The first-order valence-electron chi connectivity index (χ1n) is 8.86. The van der Waals surface area contributed by atoms with E-state index < -0.39 is 0 Å². The number of aromatic hydroxyl groups is 2. The molecule has 0 atom stereocenters. The van der Waals surface area contributed by atoms with Crippen molar-refractivity contribution >= 4 is 0 Å². The lowest BCUT2D eigenvalue weighted by Gasteiger charge is -2.18. The standard InChI is InChI=1S/C21H28N2O2/c1-14(2)19-8-18(20(24)9-21(19)25)13-23-11-16-6-5-15(10-22(3)4)7-17(16)12-23/h5-9,14,24-25H,10-13H2,1-4H3. The predicted octanol–water partition coefficient (Wildman–Crippen LogP) is 3.80. The van der Waals surface area contributed by atoms with E-state index >= 15 is 0 Å². The molecule has 2 aromatic carbocycles. The number of hydrogen-bond acceptors (Lipinski definition) is 4. The Morgan fingerprint density at radius 1 is 1.00 bits per heavy atom. The van der Waals surface area contributed by atoms with Crippen LogP contribution in [0.15, 0.2) is 30.3 Å². The molecule has 2 N–H and O–H groups in total. The maximum Gasteiger partial charge on any atom is 0.123 e. The van der Waals surface area contributed by atoms with Gasteiger partial charge in [-0.2, -0.15) is 0 Å². The van der Waals surface area contributed by atoms with Gasteiger partial charge in [0.15, 0.2) is 0 Å². The van der Waals surface area contributed by atoms with Crippen molar-refractivity contribution < 1.29 is 10.2 Å². The quantitative estimate of drug-likeness (QED) is 0.869. The molecular weight excluding hydrogens is 312 g/mol. The molecule has 0 saturated heterocycles. The molecule has 0 aromatic heterocycles. The zero-order valence-corrected chi connectivity index (χ0v) is 15.6. The van der Waals surface area contributed by atoms with Gasteiger partial charge in [-0.1, -0.05) is 32.0 Å². The van der Waals surface area contributed by atoms with Gasteiger partial charge in [0.25, 0.3) is 0 Å². The molecule has 1 aliphatic rings. The molecule has 3 rings (SSSR count). The van der Waals surface area contributed by atoms with Crippen LogP contribution < -0.4 is 0 Å². The molecular formula is C21H28N2O2. The smallest absolute Gasteiger partial charge is 0.123 e. The van der Waals surface area contributed by atoms with E-state index in [1.54, 1.807) is 0 Å². The van der Waals surface area contributed by atoms with Gasteiger partial charge in [0.05, 0.1) is 0 Å². The minimum atomic E-state index is 0.172. The van der Waals surface area contributed by atoms with E-state index in [1.807, 2.05) is 19.9 Å². The van der Waals surface area contributed by atoms with Crippen molar-refractivity contribution in [3.8, 4) is 11.5 Å². The van der Waals surface area contributed by atoms with E-state index in [0.29, 0.717) is 6.54 Å². The summed E-state index contributed by atoms with van der Waals surface area (Å²) in [6.07, 6.45) is 0. The summed E-state index contributed by atoms with van der Waals surface area (Å²) in [5.74, 6) is 0.573. The van der Waals surface area contributed by atoms with Crippen LogP contribution in [0, 0.1) is 0 Å². The van der Waals surface area contributed by atoms with Gasteiger partial charge in [-0.05, 0) is 48.3 Å². The third kappa shape index (κ3) is 3.97. The SMILES string of the molecule is CC(C)c1cc(CN2Cc3ccc(CN(C)C)cc3C2)c(O)cc1O. The molecule has 25 heavy (non-hydrogen) atoms. The Morgan fingerprint density at radius 3 is 2.40 bits per heavy atom. The van der Waals surface area contributed by atoms with Crippen LogP contribution in [0.5, 0.6) is 11.5 Å². The summed E-state index contributed by atoms with van der Waals surface area (Å²) in [5, 5.41) is 20.2. The lowest BCUT2D eigenvalue weighted by atomic mass is 9.98. The summed E-state index contributed by atoms with van der Waals surface area (Å²) >= 11 is 0. The first-order valence-corrected chi connectivity index (χ1v) is 8.86. The monoisotopic (exact) mass is 340 g/mol. The third-order valence-corrected chi connectivity index (χ3v) is 4.80. The van der Waals surface area contributed by atoms with Crippen LogP contribution in [0.4, 0.5) is 0 Å². The largest absolute Gasteiger partial charge is 0.508 e. The number of phenols is 2. The Labute approximate surface area is 150 Å². The van der Waals surface area contributed by atoms with Gasteiger partial charge in [0.2, 0.25) is 0 Å². The Hall–Kier alpha value is -2.04. The topological polar surface area (TPSA) is 46.9 Å². The van der Waals surface area contributed by atoms with Crippen molar-refractivity contribution in [3.05, 3.63) is 58.1 Å². The molecule has 0 saturated carbocycles. The van der Waals surface area contributed by atoms with Crippen molar-refractivity contribution in [2.24, 2.45) is 0 Å². The molecule has 0 spiro atoms. The number of hydrogen-bond donors (Lipinski definition) is 2. The number of rotatable bonds is 5. The zero-order chi connectivity index (χ0) is 18.1. The molecule has 0 bridgehead atoms. The lowest BCUT2D eigenvalue weighted by Crippen LogP contribution is -2.16. The van der Waals surface area contributed by atoms with E-state index in [1.165, 1.54) is 22.8 Å². The van der Waals surface area contributed by atoms with Crippen LogP contribution in [-0.4, -0.2) is 34.1 Å². The summed E-state index contributed by atoms with van der Waals surface area (Å²) < 4.78 is 0. The van der Waals surface area contributed by atoms with Crippen LogP contribution in [-0.2, 0) is 26.2 Å². The summed E-state index contributed by atoms with van der Waals surface area (Å²) in [6, 6.07) is 10.1. The van der Waals surface area contributed by atoms with Crippen molar-refractivity contribution in [2.75, 3.05) is 14.1 Å². The van der Waals surface area contributed by atoms with Gasteiger partial charge in [0, 0.05) is 37.8 Å². The zero-order valence-electron chi connectivity index (χ0n) is 15.6. The average Bonchev–Trinajstić information content (AvgIpc) is 2.90. The normalized spacial score (nSPS) is 14.5. The second-order valence-corrected chi connectivity index (χ2v) is 7.68. The van der Waals surface area contributed by atoms with Crippen molar-refractivity contribution in [3.63, 3.8) is 0 Å². The molecule has 0 radical (unpaired) electrons. The summed E-state index contributed by atoms with van der Waals surface area (Å²) in [4.78, 5) is 4.51. The highest BCUT2D eigenvalue weighted by Gasteiger charge is 2.21. The molecule has 0 fully saturated rings. The first-order chi connectivity index (χ1) is 11.8. The molecule has 1 heterocycles. The fourth-order valence-electron chi connectivity index (χ4n) is 3.56. The number of fused-ring (bicyclic) bond motifs is 1. The van der Waals surface area contributed by atoms with E-state index in [4.69, 9.17) is 0 Å². The second-order valence-electron chi connectivity index (χ2n) is 7.68. The van der Waals surface area contributed by atoms with E-state index in [-0.39, 0.29) is 17.4 Å². The van der Waals surface area contributed by atoms with Gasteiger partial charge in [-0.15, -0.1) is 0 Å². The van der Waals surface area contributed by atoms with E-state index in [0.717, 1.165) is 30.8 Å². The maximum atomic E-state index is 10.2. The highest BCUT2D eigenvalue weighted by molar-refractivity contribution is 5.46. The van der Waals surface area contributed by atoms with Crippen molar-refractivity contribution in [1.82, 2.24) is 9.80 Å². The van der Waals surface area contributed by atoms with E-state index in [9.17, 15) is 10.2 Å². The molecule has 4 heteroatoms. The Kier molecular flexibility index (Phi) is 5.02. The molecule has 4 nitrogen and oxygen atoms in total. The number of benzene rings is 2. The Balaban J connectivity index is 1.76. The fraction of sp³-hybridized carbons (Fsp3) is 0.429. The van der Waals surface area contributed by atoms with Crippen LogP contribution in [0.2, 0.25) is 0 Å². The van der Waals surface area contributed by atoms with Gasteiger partial charge >= 0.3 is 0 Å². The van der Waals surface area contributed by atoms with Gasteiger partial charge < -0.3 is 15.1 Å². The minimum absolute atomic E-state index is 0.172. The number of phenolic OH excluding ortho intramolecular Hbond substituents is 2. The Bertz CT molecular complexity index is 769. The minimum Gasteiger partial charge on any atom is -0.508 e. The molecule has 2 aromatic rings. The molecule has 0 aliphatic carbocycles. The predicted molar refractivity (Wildman–Crippen MR) is 101 cm³/mol. The van der Waals surface area contributed by atoms with E-state index in [2.05, 4.69) is 42.1 Å². The number of nitrogens with zero attached hydrogens (tertiary/aromatic N) is 2. The van der Waals surface area contributed by atoms with Crippen LogP contribution in [0.1, 0.15) is 47.6 Å². The maximum absolute atomic E-state index is 10.2. The fourth-order valence-corrected chi connectivity index (χ4v) is 3.56. The van der Waals surface area contributed by atoms with Gasteiger partial charge in [0.1, 0.15) is 11.5 Å². The van der Waals surface area contributed by atoms with Crippen molar-refractivity contribution in [2.45, 2.75) is 45.9 Å². The highest BCUT2D eigenvalue weighted by atomic mass is 16.3. The van der Waals surface area contributed by atoms with Crippen molar-refractivity contribution in [1.29, 1.82) is 0 Å². The van der Waals surface area contributed by atoms with Gasteiger partial charge in [-0.25, -0.2) is 0 Å². The Morgan fingerprint density at radius 2 is 1.72 bits per heavy atom. The molecule has 134 valence electrons. The summed E-state index contributed by atoms with van der Waals surface area (Å²) in [7, 11) is 4.17.